The van der Waals surface area contributed by atoms with E-state index in [4.69, 9.17) is 30.5 Å². The third-order valence-corrected chi connectivity index (χ3v) is 6.17. The largest absolute Gasteiger partial charge is 0.497 e. The summed E-state index contributed by atoms with van der Waals surface area (Å²) in [5.41, 5.74) is 2.92. The molecular weight excluding hydrogens is 555 g/mol. The van der Waals surface area contributed by atoms with Gasteiger partial charge < -0.3 is 18.9 Å². The molecule has 0 amide bonds. The minimum Gasteiger partial charge on any atom is -0.497 e. The second kappa shape index (κ2) is 10.3. The van der Waals surface area contributed by atoms with E-state index in [1.807, 2.05) is 60.7 Å². The van der Waals surface area contributed by atoms with Gasteiger partial charge in [0.2, 0.25) is 0 Å². The minimum absolute atomic E-state index is 0.312. The molecule has 5 nitrogen and oxygen atoms in total. The van der Waals surface area contributed by atoms with Gasteiger partial charge in [0.05, 0.1) is 23.4 Å². The van der Waals surface area contributed by atoms with Crippen LogP contribution in [0.4, 0.5) is 0 Å². The van der Waals surface area contributed by atoms with E-state index in [0.29, 0.717) is 34.5 Å². The lowest BCUT2D eigenvalue weighted by Gasteiger charge is -2.14. The molecular formula is C26H20ClIO5. The van der Waals surface area contributed by atoms with Crippen molar-refractivity contribution < 1.29 is 23.7 Å². The fourth-order valence-corrected chi connectivity index (χ4v) is 4.27. The number of benzene rings is 3. The maximum Gasteiger partial charge on any atom is 0.343 e. The first-order valence-corrected chi connectivity index (χ1v) is 11.5. The van der Waals surface area contributed by atoms with Crippen molar-refractivity contribution in [1.29, 1.82) is 0 Å². The molecule has 7 heteroatoms. The van der Waals surface area contributed by atoms with E-state index < -0.39 is 5.97 Å². The van der Waals surface area contributed by atoms with Crippen molar-refractivity contribution in [2.45, 2.75) is 6.61 Å². The zero-order chi connectivity index (χ0) is 23.4. The molecule has 33 heavy (non-hydrogen) atoms. The van der Waals surface area contributed by atoms with Crippen LogP contribution in [-0.4, -0.2) is 20.2 Å². The van der Waals surface area contributed by atoms with Gasteiger partial charge in [-0.2, -0.15) is 0 Å². The number of rotatable bonds is 7. The third-order valence-electron chi connectivity index (χ3n) is 5.00. The van der Waals surface area contributed by atoms with Gasteiger partial charge in [0.1, 0.15) is 18.1 Å². The monoisotopic (exact) mass is 574 g/mol. The summed E-state index contributed by atoms with van der Waals surface area (Å²) in [6.07, 6.45) is 3.49. The van der Waals surface area contributed by atoms with Gasteiger partial charge in [-0.3, -0.25) is 0 Å². The normalized spacial score (nSPS) is 14.1. The lowest BCUT2D eigenvalue weighted by Crippen LogP contribution is -2.01. The first-order chi connectivity index (χ1) is 16.0. The summed E-state index contributed by atoms with van der Waals surface area (Å²) >= 11 is 8.42. The number of hydrogen-bond acceptors (Lipinski definition) is 5. The number of carbonyl (C=O) groups is 1. The Bertz CT molecular complexity index is 1250. The topological polar surface area (TPSA) is 54.0 Å². The Morgan fingerprint density at radius 2 is 1.79 bits per heavy atom. The molecule has 3 aromatic carbocycles. The van der Waals surface area contributed by atoms with E-state index in [0.717, 1.165) is 26.0 Å². The molecule has 0 aromatic heterocycles. The van der Waals surface area contributed by atoms with E-state index in [-0.39, 0.29) is 0 Å². The van der Waals surface area contributed by atoms with Gasteiger partial charge in [0.25, 0.3) is 0 Å². The number of hydrogen-bond donors (Lipinski definition) is 0. The second-order valence-corrected chi connectivity index (χ2v) is 8.71. The van der Waals surface area contributed by atoms with E-state index in [2.05, 4.69) is 22.6 Å². The Kier molecular flexibility index (Phi) is 7.25. The molecule has 4 rings (SSSR count). The van der Waals surface area contributed by atoms with Gasteiger partial charge in [0, 0.05) is 16.1 Å². The van der Waals surface area contributed by atoms with Gasteiger partial charge in [-0.05, 0) is 82.8 Å². The van der Waals surface area contributed by atoms with Crippen LogP contribution in [-0.2, 0) is 16.1 Å². The first-order valence-electron chi connectivity index (χ1n) is 10.0. The highest BCUT2D eigenvalue weighted by Crippen LogP contribution is 2.36. The molecule has 1 aliphatic heterocycles. The Balaban J connectivity index is 1.58. The van der Waals surface area contributed by atoms with E-state index >= 15 is 0 Å². The van der Waals surface area contributed by atoms with Gasteiger partial charge >= 0.3 is 5.97 Å². The molecule has 3 aromatic rings. The van der Waals surface area contributed by atoms with Gasteiger partial charge in [-0.25, -0.2) is 4.79 Å². The van der Waals surface area contributed by atoms with Crippen LogP contribution in [0, 0.1) is 3.57 Å². The van der Waals surface area contributed by atoms with Gasteiger partial charge in [-0.15, -0.1) is 0 Å². The number of esters is 1. The standard InChI is InChI=1S/C26H20ClIO5/c1-30-20-9-7-17(8-10-20)23-14-19(26(29)33-23)11-16-12-22(28)25(24(13-16)31-2)32-15-18-5-3-4-6-21(18)27/h3-14H,15H2,1-2H3/b19-11+. The number of methoxy groups -OCH3 is 2. The van der Waals surface area contributed by atoms with Crippen molar-refractivity contribution >= 4 is 52.0 Å². The third kappa shape index (κ3) is 5.34. The van der Waals surface area contributed by atoms with E-state index in [9.17, 15) is 4.79 Å². The molecule has 0 radical (unpaired) electrons. The molecule has 0 fully saturated rings. The Morgan fingerprint density at radius 3 is 2.48 bits per heavy atom. The molecule has 168 valence electrons. The molecule has 0 N–H and O–H groups in total. The Labute approximate surface area is 210 Å². The van der Waals surface area contributed by atoms with Crippen molar-refractivity contribution in [2.24, 2.45) is 0 Å². The fourth-order valence-electron chi connectivity index (χ4n) is 3.29. The van der Waals surface area contributed by atoms with Crippen LogP contribution in [0.25, 0.3) is 11.8 Å². The number of halogens is 2. The average molecular weight is 575 g/mol. The summed E-state index contributed by atoms with van der Waals surface area (Å²) in [4.78, 5) is 12.4. The zero-order valence-corrected chi connectivity index (χ0v) is 20.8. The summed E-state index contributed by atoms with van der Waals surface area (Å²) in [7, 11) is 3.18. The van der Waals surface area contributed by atoms with Crippen molar-refractivity contribution in [1.82, 2.24) is 0 Å². The van der Waals surface area contributed by atoms with Crippen LogP contribution >= 0.6 is 34.2 Å². The summed E-state index contributed by atoms with van der Waals surface area (Å²) in [6.45, 7) is 0.312. The molecule has 0 atom stereocenters. The van der Waals surface area contributed by atoms with Crippen LogP contribution in [0.3, 0.4) is 0 Å². The van der Waals surface area contributed by atoms with Crippen molar-refractivity contribution in [2.75, 3.05) is 14.2 Å². The van der Waals surface area contributed by atoms with Crippen molar-refractivity contribution in [3.8, 4) is 17.2 Å². The van der Waals surface area contributed by atoms with Crippen molar-refractivity contribution in [3.63, 3.8) is 0 Å². The second-order valence-electron chi connectivity index (χ2n) is 7.14. The minimum atomic E-state index is -0.408. The lowest BCUT2D eigenvalue weighted by molar-refractivity contribution is -0.130. The molecule has 0 unspecified atom stereocenters. The number of cyclic esters (lactones) is 1. The molecule has 0 saturated heterocycles. The van der Waals surface area contributed by atoms with E-state index in [1.165, 1.54) is 0 Å². The average Bonchev–Trinajstić information content (AvgIpc) is 3.19. The fraction of sp³-hybridized carbons (Fsp3) is 0.115. The van der Waals surface area contributed by atoms with Crippen LogP contribution in [0.15, 0.2) is 72.3 Å². The highest BCUT2D eigenvalue weighted by Gasteiger charge is 2.22. The molecule has 1 aliphatic rings. The van der Waals surface area contributed by atoms with E-state index in [1.54, 1.807) is 26.4 Å². The highest BCUT2D eigenvalue weighted by atomic mass is 127. The van der Waals surface area contributed by atoms with Gasteiger partial charge in [0.15, 0.2) is 11.5 Å². The SMILES string of the molecule is COc1ccc(C2=C/C(=C\c3cc(I)c(OCc4ccccc4Cl)c(OC)c3)C(=O)O2)cc1. The molecule has 0 bridgehead atoms. The first kappa shape index (κ1) is 23.2. The van der Waals surface area contributed by atoms with Crippen molar-refractivity contribution in [3.05, 3.63) is 97.6 Å². The lowest BCUT2D eigenvalue weighted by atomic mass is 10.1. The zero-order valence-electron chi connectivity index (χ0n) is 17.9. The van der Waals surface area contributed by atoms with Crippen LogP contribution in [0.5, 0.6) is 17.2 Å². The Hall–Kier alpha value is -2.97. The quantitative estimate of drug-likeness (QED) is 0.183. The molecule has 0 spiro atoms. The molecule has 1 heterocycles. The summed E-state index contributed by atoms with van der Waals surface area (Å²) < 4.78 is 23.0. The predicted molar refractivity (Wildman–Crippen MR) is 137 cm³/mol. The smallest absolute Gasteiger partial charge is 0.343 e. The predicted octanol–water partition coefficient (Wildman–Crippen LogP) is 6.52. The maximum atomic E-state index is 12.4. The number of carbonyl (C=O) groups excluding carboxylic acids is 1. The summed E-state index contributed by atoms with van der Waals surface area (Å²) in [5, 5.41) is 0.645. The van der Waals surface area contributed by atoms with Crippen LogP contribution in [0.2, 0.25) is 5.02 Å². The van der Waals surface area contributed by atoms with Crippen LogP contribution < -0.4 is 14.2 Å². The summed E-state index contributed by atoms with van der Waals surface area (Å²) in [6, 6.07) is 18.6. The van der Waals surface area contributed by atoms with Crippen LogP contribution in [0.1, 0.15) is 16.7 Å². The molecule has 0 saturated carbocycles. The highest BCUT2D eigenvalue weighted by molar-refractivity contribution is 14.1. The number of ether oxygens (including phenoxy) is 4. The molecule has 0 aliphatic carbocycles. The maximum absolute atomic E-state index is 12.4. The Morgan fingerprint density at radius 1 is 1.03 bits per heavy atom. The van der Waals surface area contributed by atoms with Gasteiger partial charge in [-0.1, -0.05) is 29.8 Å². The summed E-state index contributed by atoms with van der Waals surface area (Å²) in [5.74, 6) is 2.00.